The Morgan fingerprint density at radius 1 is 1.17 bits per heavy atom. The maximum absolute atomic E-state index is 12.7. The highest BCUT2D eigenvalue weighted by Crippen LogP contribution is 2.24. The van der Waals surface area contributed by atoms with Crippen LogP contribution < -0.4 is 0 Å². The van der Waals surface area contributed by atoms with Gasteiger partial charge in [-0.2, -0.15) is 4.37 Å². The van der Waals surface area contributed by atoms with Crippen molar-refractivity contribution in [2.45, 2.75) is 22.6 Å². The Morgan fingerprint density at radius 2 is 1.89 bits per heavy atom. The monoisotopic (exact) mass is 300 g/mol. The molecule has 18 heavy (non-hydrogen) atoms. The quantitative estimate of drug-likeness (QED) is 0.592. The molecule has 0 saturated carbocycles. The zero-order valence-corrected chi connectivity index (χ0v) is 12.4. The molecule has 1 aromatic heterocycles. The largest absolute Gasteiger partial charge is 0.213 e. The average molecular weight is 300 g/mol. The van der Waals surface area contributed by atoms with E-state index in [0.717, 1.165) is 33.0 Å². The van der Waals surface area contributed by atoms with Gasteiger partial charge in [-0.1, -0.05) is 18.7 Å². The minimum absolute atomic E-state index is 0.185. The molecular formula is C12H13FN2S3. The molecule has 0 aliphatic rings. The van der Waals surface area contributed by atoms with Crippen LogP contribution in [0.5, 0.6) is 0 Å². The molecule has 0 unspecified atom stereocenters. The number of thioether (sulfide) groups is 2. The Kier molecular flexibility index (Phi) is 5.46. The van der Waals surface area contributed by atoms with Gasteiger partial charge in [0.25, 0.3) is 0 Å². The summed E-state index contributed by atoms with van der Waals surface area (Å²) in [5.41, 5.74) is 0. The van der Waals surface area contributed by atoms with E-state index in [2.05, 4.69) is 16.3 Å². The molecule has 0 N–H and O–H groups in total. The highest BCUT2D eigenvalue weighted by molar-refractivity contribution is 8.03. The SMILES string of the molecule is CCc1nsc(SCCSc2ccc(F)cc2)n1. The van der Waals surface area contributed by atoms with Crippen molar-refractivity contribution in [3.63, 3.8) is 0 Å². The third-order valence-corrected chi connectivity index (χ3v) is 5.30. The standard InChI is InChI=1S/C12H13FN2S3/c1-2-11-14-12(18-15-11)17-8-7-16-10-5-3-9(13)4-6-10/h3-6H,2,7-8H2,1H3. The fourth-order valence-electron chi connectivity index (χ4n) is 1.26. The summed E-state index contributed by atoms with van der Waals surface area (Å²) in [5.74, 6) is 2.71. The molecule has 0 aliphatic heterocycles. The van der Waals surface area contributed by atoms with Gasteiger partial charge in [-0.25, -0.2) is 9.37 Å². The van der Waals surface area contributed by atoms with Crippen LogP contribution >= 0.6 is 35.1 Å². The summed E-state index contributed by atoms with van der Waals surface area (Å²) < 4.78 is 18.0. The fraction of sp³-hybridized carbons (Fsp3) is 0.333. The predicted octanol–water partition coefficient (Wildman–Crippen LogP) is 4.12. The number of hydrogen-bond acceptors (Lipinski definition) is 5. The summed E-state index contributed by atoms with van der Waals surface area (Å²) in [7, 11) is 0. The number of aromatic nitrogens is 2. The minimum Gasteiger partial charge on any atom is -0.213 e. The molecule has 96 valence electrons. The van der Waals surface area contributed by atoms with Gasteiger partial charge in [-0.15, -0.1) is 11.8 Å². The van der Waals surface area contributed by atoms with Crippen LogP contribution in [0, 0.1) is 5.82 Å². The van der Waals surface area contributed by atoms with Crippen molar-refractivity contribution in [2.24, 2.45) is 0 Å². The molecule has 0 atom stereocenters. The topological polar surface area (TPSA) is 25.8 Å². The molecule has 2 rings (SSSR count). The summed E-state index contributed by atoms with van der Waals surface area (Å²) in [6.07, 6.45) is 0.890. The first-order valence-electron chi connectivity index (χ1n) is 5.61. The Labute approximate surface area is 119 Å². The molecule has 0 radical (unpaired) electrons. The van der Waals surface area contributed by atoms with Gasteiger partial charge >= 0.3 is 0 Å². The summed E-state index contributed by atoms with van der Waals surface area (Å²) >= 11 is 4.92. The Morgan fingerprint density at radius 3 is 2.56 bits per heavy atom. The Bertz CT molecular complexity index is 484. The van der Waals surface area contributed by atoms with Gasteiger partial charge in [0.1, 0.15) is 11.6 Å². The summed E-state index contributed by atoms with van der Waals surface area (Å²) in [5, 5.41) is 0. The summed E-state index contributed by atoms with van der Waals surface area (Å²) in [6.45, 7) is 2.06. The van der Waals surface area contributed by atoms with E-state index in [9.17, 15) is 4.39 Å². The van der Waals surface area contributed by atoms with Crippen LogP contribution in [0.25, 0.3) is 0 Å². The van der Waals surface area contributed by atoms with Crippen molar-refractivity contribution >= 4 is 35.1 Å². The first-order chi connectivity index (χ1) is 8.78. The van der Waals surface area contributed by atoms with Crippen LogP contribution in [0.2, 0.25) is 0 Å². The molecule has 0 aliphatic carbocycles. The zero-order chi connectivity index (χ0) is 12.8. The zero-order valence-electron chi connectivity index (χ0n) is 9.93. The van der Waals surface area contributed by atoms with E-state index in [-0.39, 0.29) is 5.82 Å². The molecule has 2 aromatic rings. The van der Waals surface area contributed by atoms with E-state index in [1.165, 1.54) is 23.7 Å². The van der Waals surface area contributed by atoms with Gasteiger partial charge in [0.05, 0.1) is 0 Å². The van der Waals surface area contributed by atoms with Gasteiger partial charge in [0, 0.05) is 22.8 Å². The highest BCUT2D eigenvalue weighted by atomic mass is 32.2. The first-order valence-corrected chi connectivity index (χ1v) is 8.36. The summed E-state index contributed by atoms with van der Waals surface area (Å²) in [6, 6.07) is 6.61. The van der Waals surface area contributed by atoms with Crippen molar-refractivity contribution in [3.05, 3.63) is 35.9 Å². The summed E-state index contributed by atoms with van der Waals surface area (Å²) in [4.78, 5) is 5.50. The van der Waals surface area contributed by atoms with E-state index >= 15 is 0 Å². The van der Waals surface area contributed by atoms with Gasteiger partial charge < -0.3 is 0 Å². The van der Waals surface area contributed by atoms with Crippen molar-refractivity contribution in [1.82, 2.24) is 9.36 Å². The lowest BCUT2D eigenvalue weighted by molar-refractivity contribution is 0.626. The Hall–Kier alpha value is -0.590. The van der Waals surface area contributed by atoms with Crippen LogP contribution in [-0.2, 0) is 6.42 Å². The molecular weight excluding hydrogens is 287 g/mol. The molecule has 0 bridgehead atoms. The molecule has 0 saturated heterocycles. The lowest BCUT2D eigenvalue weighted by Gasteiger charge is -2.00. The first kappa shape index (κ1) is 13.8. The second kappa shape index (κ2) is 7.11. The third-order valence-electron chi connectivity index (χ3n) is 2.16. The van der Waals surface area contributed by atoms with Crippen LogP contribution in [0.4, 0.5) is 4.39 Å². The Balaban J connectivity index is 1.71. The number of hydrogen-bond donors (Lipinski definition) is 0. The van der Waals surface area contributed by atoms with Gasteiger partial charge in [-0.05, 0) is 35.8 Å². The molecule has 0 spiro atoms. The number of benzene rings is 1. The number of halogens is 1. The number of rotatable bonds is 6. The van der Waals surface area contributed by atoms with Crippen molar-refractivity contribution < 1.29 is 4.39 Å². The predicted molar refractivity (Wildman–Crippen MR) is 77.1 cm³/mol. The average Bonchev–Trinajstić information content (AvgIpc) is 2.85. The minimum atomic E-state index is -0.185. The van der Waals surface area contributed by atoms with Crippen LogP contribution in [0.3, 0.4) is 0 Å². The van der Waals surface area contributed by atoms with Crippen molar-refractivity contribution in [3.8, 4) is 0 Å². The third kappa shape index (κ3) is 4.26. The molecule has 6 heteroatoms. The van der Waals surface area contributed by atoms with Gasteiger partial charge in [-0.3, -0.25) is 0 Å². The second-order valence-corrected chi connectivity index (χ2v) is 6.74. The number of nitrogens with zero attached hydrogens (tertiary/aromatic N) is 2. The molecule has 0 fully saturated rings. The van der Waals surface area contributed by atoms with Crippen molar-refractivity contribution in [2.75, 3.05) is 11.5 Å². The van der Waals surface area contributed by atoms with E-state index in [1.54, 1.807) is 23.5 Å². The molecule has 1 aromatic carbocycles. The second-order valence-electron chi connectivity index (χ2n) is 3.48. The fourth-order valence-corrected chi connectivity index (χ4v) is 3.91. The molecule has 1 heterocycles. The lowest BCUT2D eigenvalue weighted by Crippen LogP contribution is -1.85. The van der Waals surface area contributed by atoms with Crippen LogP contribution in [0.1, 0.15) is 12.7 Å². The van der Waals surface area contributed by atoms with E-state index in [4.69, 9.17) is 0 Å². The number of aryl methyl sites for hydroxylation is 1. The van der Waals surface area contributed by atoms with E-state index in [0.29, 0.717) is 0 Å². The van der Waals surface area contributed by atoms with Crippen LogP contribution in [0.15, 0.2) is 33.5 Å². The van der Waals surface area contributed by atoms with Gasteiger partial charge in [0.2, 0.25) is 0 Å². The molecule has 0 amide bonds. The smallest absolute Gasteiger partial charge is 0.170 e. The van der Waals surface area contributed by atoms with Gasteiger partial charge in [0.15, 0.2) is 4.34 Å². The maximum Gasteiger partial charge on any atom is 0.170 e. The van der Waals surface area contributed by atoms with E-state index in [1.807, 2.05) is 12.1 Å². The van der Waals surface area contributed by atoms with E-state index < -0.39 is 0 Å². The highest BCUT2D eigenvalue weighted by Gasteiger charge is 2.02. The normalized spacial score (nSPS) is 10.8. The van der Waals surface area contributed by atoms with Crippen molar-refractivity contribution in [1.29, 1.82) is 0 Å². The van der Waals surface area contributed by atoms with Crippen LogP contribution in [-0.4, -0.2) is 20.9 Å². The molecule has 2 nitrogen and oxygen atoms in total. The lowest BCUT2D eigenvalue weighted by atomic mass is 10.4. The maximum atomic E-state index is 12.7.